The molecular weight excluding hydrogens is 402 g/mol. The third kappa shape index (κ3) is 6.34. The van der Waals surface area contributed by atoms with E-state index in [1.807, 2.05) is 13.8 Å². The highest BCUT2D eigenvalue weighted by atomic mass is 35.5. The summed E-state index contributed by atoms with van der Waals surface area (Å²) in [6, 6.07) is 6.47. The lowest BCUT2D eigenvalue weighted by Crippen LogP contribution is -2.50. The lowest BCUT2D eigenvalue weighted by Gasteiger charge is -2.34. The van der Waals surface area contributed by atoms with Crippen molar-refractivity contribution >= 4 is 28.3 Å². The average molecular weight is 434 g/mol. The van der Waals surface area contributed by atoms with E-state index in [-0.39, 0.29) is 29.1 Å². The zero-order valence-electron chi connectivity index (χ0n) is 16.9. The van der Waals surface area contributed by atoms with E-state index in [1.165, 1.54) is 4.31 Å². The van der Waals surface area contributed by atoms with E-state index in [1.54, 1.807) is 31.4 Å². The summed E-state index contributed by atoms with van der Waals surface area (Å²) in [6.07, 6.45) is 1.70. The number of benzene rings is 1. The van der Waals surface area contributed by atoms with Crippen LogP contribution in [0, 0.1) is 5.92 Å². The van der Waals surface area contributed by atoms with Crippen LogP contribution in [0.2, 0.25) is 0 Å². The molecule has 0 aliphatic carbocycles. The molecule has 1 aliphatic rings. The van der Waals surface area contributed by atoms with E-state index in [0.717, 1.165) is 19.4 Å². The van der Waals surface area contributed by atoms with Crippen LogP contribution in [0.1, 0.15) is 26.7 Å². The molecule has 0 unspecified atom stereocenters. The number of amides is 1. The number of nitrogens with zero attached hydrogens (tertiary/aromatic N) is 2. The SMILES string of the molecule is CCC(CC)C(=O)NCCN1CCN(S(=O)(=O)c2ccc(OC)cc2)CC1.Cl. The maximum absolute atomic E-state index is 12.7. The van der Waals surface area contributed by atoms with Crippen molar-refractivity contribution in [3.05, 3.63) is 24.3 Å². The van der Waals surface area contributed by atoms with Crippen LogP contribution in [-0.4, -0.2) is 69.9 Å². The smallest absolute Gasteiger partial charge is 0.243 e. The van der Waals surface area contributed by atoms with Crippen molar-refractivity contribution in [2.24, 2.45) is 5.92 Å². The number of methoxy groups -OCH3 is 1. The van der Waals surface area contributed by atoms with Gasteiger partial charge in [-0.25, -0.2) is 8.42 Å². The van der Waals surface area contributed by atoms with Gasteiger partial charge in [-0.3, -0.25) is 9.69 Å². The minimum absolute atomic E-state index is 0. The Labute approximate surface area is 174 Å². The molecule has 160 valence electrons. The molecule has 7 nitrogen and oxygen atoms in total. The van der Waals surface area contributed by atoms with Crippen LogP contribution in [-0.2, 0) is 14.8 Å². The first kappa shape index (κ1) is 24.7. The molecule has 0 saturated carbocycles. The molecule has 1 fully saturated rings. The summed E-state index contributed by atoms with van der Waals surface area (Å²) in [5.74, 6) is 0.825. The second kappa shape index (κ2) is 11.6. The van der Waals surface area contributed by atoms with Crippen molar-refractivity contribution in [1.82, 2.24) is 14.5 Å². The van der Waals surface area contributed by atoms with Crippen molar-refractivity contribution < 1.29 is 17.9 Å². The van der Waals surface area contributed by atoms with Gasteiger partial charge in [0.25, 0.3) is 0 Å². The number of nitrogens with one attached hydrogen (secondary N) is 1. The summed E-state index contributed by atoms with van der Waals surface area (Å²) in [5.41, 5.74) is 0. The van der Waals surface area contributed by atoms with Gasteiger partial charge in [-0.1, -0.05) is 13.8 Å². The zero-order chi connectivity index (χ0) is 19.9. The van der Waals surface area contributed by atoms with Crippen LogP contribution in [0.3, 0.4) is 0 Å². The standard InChI is InChI=1S/C19H31N3O4S.ClH/c1-4-16(5-2)19(23)20-10-11-21-12-14-22(15-13-21)27(24,25)18-8-6-17(26-3)7-9-18;/h6-9,16H,4-5,10-15H2,1-3H3,(H,20,23);1H. The highest BCUT2D eigenvalue weighted by molar-refractivity contribution is 7.89. The van der Waals surface area contributed by atoms with Crippen molar-refractivity contribution in [3.63, 3.8) is 0 Å². The Morgan fingerprint density at radius 1 is 1.11 bits per heavy atom. The maximum Gasteiger partial charge on any atom is 0.243 e. The summed E-state index contributed by atoms with van der Waals surface area (Å²) in [5, 5.41) is 2.99. The highest BCUT2D eigenvalue weighted by Gasteiger charge is 2.28. The second-order valence-electron chi connectivity index (χ2n) is 6.73. The predicted molar refractivity (Wildman–Crippen MR) is 113 cm³/mol. The first-order valence-corrected chi connectivity index (χ1v) is 11.0. The van der Waals surface area contributed by atoms with Gasteiger partial charge in [0.15, 0.2) is 0 Å². The molecular formula is C19H32ClN3O4S. The molecule has 1 saturated heterocycles. The van der Waals surface area contributed by atoms with E-state index in [4.69, 9.17) is 4.74 Å². The second-order valence-corrected chi connectivity index (χ2v) is 8.66. The monoisotopic (exact) mass is 433 g/mol. The first-order valence-electron chi connectivity index (χ1n) is 9.56. The van der Waals surface area contributed by atoms with Gasteiger partial charge in [0, 0.05) is 45.2 Å². The summed E-state index contributed by atoms with van der Waals surface area (Å²) in [4.78, 5) is 14.5. The summed E-state index contributed by atoms with van der Waals surface area (Å²) in [7, 11) is -1.93. The van der Waals surface area contributed by atoms with Crippen molar-refractivity contribution in [2.75, 3.05) is 46.4 Å². The predicted octanol–water partition coefficient (Wildman–Crippen LogP) is 1.98. The number of sulfonamides is 1. The Balaban J connectivity index is 0.00000392. The summed E-state index contributed by atoms with van der Waals surface area (Å²) >= 11 is 0. The highest BCUT2D eigenvalue weighted by Crippen LogP contribution is 2.20. The molecule has 0 radical (unpaired) electrons. The lowest BCUT2D eigenvalue weighted by atomic mass is 10.0. The molecule has 2 rings (SSSR count). The fraction of sp³-hybridized carbons (Fsp3) is 0.632. The number of hydrogen-bond donors (Lipinski definition) is 1. The van der Waals surface area contributed by atoms with E-state index >= 15 is 0 Å². The van der Waals surface area contributed by atoms with E-state index in [9.17, 15) is 13.2 Å². The minimum Gasteiger partial charge on any atom is -0.497 e. The van der Waals surface area contributed by atoms with E-state index in [2.05, 4.69) is 10.2 Å². The molecule has 1 aromatic rings. The third-order valence-corrected chi connectivity index (χ3v) is 7.02. The van der Waals surface area contributed by atoms with Gasteiger partial charge in [0.05, 0.1) is 12.0 Å². The molecule has 9 heteroatoms. The topological polar surface area (TPSA) is 79.0 Å². The molecule has 1 aliphatic heterocycles. The Hall–Kier alpha value is -1.35. The molecule has 1 amide bonds. The number of ether oxygens (including phenoxy) is 1. The number of rotatable bonds is 9. The molecule has 0 atom stereocenters. The Kier molecular flexibility index (Phi) is 10.2. The quantitative estimate of drug-likeness (QED) is 0.644. The van der Waals surface area contributed by atoms with Crippen molar-refractivity contribution in [1.29, 1.82) is 0 Å². The Morgan fingerprint density at radius 3 is 2.18 bits per heavy atom. The molecule has 28 heavy (non-hydrogen) atoms. The van der Waals surface area contributed by atoms with Crippen LogP contribution in [0.4, 0.5) is 0 Å². The molecule has 0 aromatic heterocycles. The number of halogens is 1. The number of piperazine rings is 1. The molecule has 0 spiro atoms. The van der Waals surface area contributed by atoms with Gasteiger partial charge in [-0.2, -0.15) is 4.31 Å². The van der Waals surface area contributed by atoms with Gasteiger partial charge < -0.3 is 10.1 Å². The first-order chi connectivity index (χ1) is 12.9. The van der Waals surface area contributed by atoms with Gasteiger partial charge in [0.1, 0.15) is 5.75 Å². The van der Waals surface area contributed by atoms with E-state index < -0.39 is 10.0 Å². The zero-order valence-corrected chi connectivity index (χ0v) is 18.5. The number of hydrogen-bond acceptors (Lipinski definition) is 5. The summed E-state index contributed by atoms with van der Waals surface area (Å²) in [6.45, 7) is 7.62. The number of carbonyl (C=O) groups excluding carboxylic acids is 1. The van der Waals surface area contributed by atoms with Crippen molar-refractivity contribution in [2.45, 2.75) is 31.6 Å². The van der Waals surface area contributed by atoms with Gasteiger partial charge >= 0.3 is 0 Å². The molecule has 1 N–H and O–H groups in total. The third-order valence-electron chi connectivity index (χ3n) is 5.11. The largest absolute Gasteiger partial charge is 0.497 e. The molecule has 1 heterocycles. The van der Waals surface area contributed by atoms with Crippen LogP contribution in [0.15, 0.2) is 29.2 Å². The van der Waals surface area contributed by atoms with E-state index in [0.29, 0.717) is 38.5 Å². The normalized spacial score (nSPS) is 15.9. The van der Waals surface area contributed by atoms with Crippen LogP contribution in [0.5, 0.6) is 5.75 Å². The van der Waals surface area contributed by atoms with Crippen LogP contribution < -0.4 is 10.1 Å². The summed E-state index contributed by atoms with van der Waals surface area (Å²) < 4.78 is 32.1. The van der Waals surface area contributed by atoms with Gasteiger partial charge in [-0.05, 0) is 37.1 Å². The number of carbonyl (C=O) groups is 1. The molecule has 1 aromatic carbocycles. The van der Waals surface area contributed by atoms with Gasteiger partial charge in [0.2, 0.25) is 15.9 Å². The minimum atomic E-state index is -3.48. The fourth-order valence-electron chi connectivity index (χ4n) is 3.23. The van der Waals surface area contributed by atoms with Crippen LogP contribution in [0.25, 0.3) is 0 Å². The van der Waals surface area contributed by atoms with Crippen LogP contribution >= 0.6 is 12.4 Å². The average Bonchev–Trinajstić information content (AvgIpc) is 2.69. The van der Waals surface area contributed by atoms with Crippen molar-refractivity contribution in [3.8, 4) is 5.75 Å². The Morgan fingerprint density at radius 2 is 1.68 bits per heavy atom. The Bertz CT molecular complexity index is 700. The fourth-order valence-corrected chi connectivity index (χ4v) is 4.65. The lowest BCUT2D eigenvalue weighted by molar-refractivity contribution is -0.125. The maximum atomic E-state index is 12.7. The van der Waals surface area contributed by atoms with Gasteiger partial charge in [-0.15, -0.1) is 12.4 Å². The molecule has 0 bridgehead atoms.